The van der Waals surface area contributed by atoms with Gasteiger partial charge < -0.3 is 10.1 Å². The number of nitrogens with zero attached hydrogens (tertiary/aromatic N) is 3. The predicted molar refractivity (Wildman–Crippen MR) is 138 cm³/mol. The molecule has 0 bridgehead atoms. The molecule has 0 saturated carbocycles. The molecule has 0 spiro atoms. The van der Waals surface area contributed by atoms with Crippen molar-refractivity contribution >= 4 is 35.0 Å². The molecule has 34 heavy (non-hydrogen) atoms. The fraction of sp³-hybridized carbons (Fsp3) is 0.185. The van der Waals surface area contributed by atoms with E-state index < -0.39 is 0 Å². The van der Waals surface area contributed by atoms with Crippen LogP contribution >= 0.6 is 23.4 Å². The van der Waals surface area contributed by atoms with Crippen LogP contribution in [-0.2, 0) is 0 Å². The molecule has 2 aliphatic rings. The summed E-state index contributed by atoms with van der Waals surface area (Å²) in [6.07, 6.45) is 1.66. The van der Waals surface area contributed by atoms with Gasteiger partial charge in [0.15, 0.2) is 0 Å². The van der Waals surface area contributed by atoms with Crippen LogP contribution in [0.15, 0.2) is 77.5 Å². The average Bonchev–Trinajstić information content (AvgIpc) is 3.26. The van der Waals surface area contributed by atoms with E-state index in [9.17, 15) is 0 Å². The molecule has 2 aliphatic heterocycles. The number of nitrogens with one attached hydrogen (secondary N) is 1. The monoisotopic (exact) mass is 486 g/mol. The van der Waals surface area contributed by atoms with Crippen molar-refractivity contribution in [2.45, 2.75) is 31.1 Å². The number of halogens is 1. The minimum Gasteiger partial charge on any atom is -0.480 e. The maximum absolute atomic E-state index is 6.70. The highest BCUT2D eigenvalue weighted by Gasteiger charge is 2.41. The number of ether oxygens (including phenoxy) is 1. The smallest absolute Gasteiger partial charge is 0.227 e. The minimum atomic E-state index is -0.335. The van der Waals surface area contributed by atoms with E-state index in [1.165, 1.54) is 22.9 Å². The molecule has 7 heteroatoms. The SMILES string of the molecule is CSc1nc2n(n1)C(c1ccc(C)cc1)C1=C(N2)c2cc(C)ccc2OC1c1cccc(Cl)c1. The van der Waals surface area contributed by atoms with Crippen LogP contribution in [0.25, 0.3) is 5.70 Å². The first-order chi connectivity index (χ1) is 16.5. The van der Waals surface area contributed by atoms with Crippen LogP contribution in [0.3, 0.4) is 0 Å². The number of rotatable bonds is 3. The van der Waals surface area contributed by atoms with Gasteiger partial charge in [-0.3, -0.25) is 0 Å². The summed E-state index contributed by atoms with van der Waals surface area (Å²) < 4.78 is 8.68. The third-order valence-corrected chi connectivity index (χ3v) is 7.11. The van der Waals surface area contributed by atoms with Gasteiger partial charge in [0.1, 0.15) is 17.9 Å². The van der Waals surface area contributed by atoms with Crippen molar-refractivity contribution in [2.75, 3.05) is 11.6 Å². The number of aryl methyl sites for hydroxylation is 2. The molecular formula is C27H23ClN4OS. The van der Waals surface area contributed by atoms with Crippen LogP contribution in [0.5, 0.6) is 5.75 Å². The Hall–Kier alpha value is -3.22. The molecule has 0 amide bonds. The molecule has 0 fully saturated rings. The van der Waals surface area contributed by atoms with Crippen molar-refractivity contribution in [2.24, 2.45) is 0 Å². The molecule has 2 atom stereocenters. The Labute approximate surface area is 207 Å². The molecule has 3 aromatic carbocycles. The summed E-state index contributed by atoms with van der Waals surface area (Å²) in [7, 11) is 0. The van der Waals surface area contributed by atoms with Crippen molar-refractivity contribution in [3.05, 3.63) is 105 Å². The van der Waals surface area contributed by atoms with Crippen LogP contribution in [-0.4, -0.2) is 21.0 Å². The molecule has 1 N–H and O–H groups in total. The molecule has 2 unspecified atom stereocenters. The molecule has 170 valence electrons. The lowest BCUT2D eigenvalue weighted by Gasteiger charge is -2.39. The Morgan fingerprint density at radius 1 is 0.971 bits per heavy atom. The highest BCUT2D eigenvalue weighted by atomic mass is 35.5. The second kappa shape index (κ2) is 8.22. The fourth-order valence-electron chi connectivity index (χ4n) is 4.72. The van der Waals surface area contributed by atoms with Gasteiger partial charge in [-0.1, -0.05) is 77.0 Å². The quantitative estimate of drug-likeness (QED) is 0.321. The van der Waals surface area contributed by atoms with Gasteiger partial charge in [-0.2, -0.15) is 4.98 Å². The van der Waals surface area contributed by atoms with Crippen molar-refractivity contribution in [3.63, 3.8) is 0 Å². The number of thioether (sulfide) groups is 1. The average molecular weight is 487 g/mol. The van der Waals surface area contributed by atoms with E-state index >= 15 is 0 Å². The van der Waals surface area contributed by atoms with Gasteiger partial charge in [0, 0.05) is 16.2 Å². The van der Waals surface area contributed by atoms with Crippen LogP contribution in [0.1, 0.15) is 40.0 Å². The molecule has 0 saturated heterocycles. The van der Waals surface area contributed by atoms with E-state index in [2.05, 4.69) is 61.6 Å². The number of fused-ring (bicyclic) bond motifs is 3. The number of anilines is 1. The van der Waals surface area contributed by atoms with Crippen LogP contribution in [0.4, 0.5) is 5.95 Å². The first-order valence-corrected chi connectivity index (χ1v) is 12.7. The number of benzene rings is 3. The third kappa shape index (κ3) is 3.49. The number of aromatic nitrogens is 3. The molecule has 4 aromatic rings. The molecule has 3 heterocycles. The highest BCUT2D eigenvalue weighted by molar-refractivity contribution is 7.98. The number of hydrogen-bond acceptors (Lipinski definition) is 5. The van der Waals surface area contributed by atoms with Gasteiger partial charge in [0.2, 0.25) is 11.1 Å². The van der Waals surface area contributed by atoms with Gasteiger partial charge in [-0.05, 0) is 55.5 Å². The van der Waals surface area contributed by atoms with E-state index in [1.807, 2.05) is 35.2 Å². The standard InChI is InChI=1S/C27H23ClN4OS/c1-15-7-10-17(11-8-15)24-22-23(29-26-30-27(34-3)31-32(24)26)20-13-16(2)9-12-21(20)33-25(22)18-5-4-6-19(28)14-18/h4-14,24-25H,1-3H3,(H,29,30,31). The molecule has 1 aromatic heterocycles. The largest absolute Gasteiger partial charge is 0.480 e. The third-order valence-electron chi connectivity index (χ3n) is 6.34. The van der Waals surface area contributed by atoms with E-state index in [1.54, 1.807) is 0 Å². The maximum atomic E-state index is 6.70. The first-order valence-electron chi connectivity index (χ1n) is 11.1. The van der Waals surface area contributed by atoms with Gasteiger partial charge in [0.05, 0.1) is 5.70 Å². The van der Waals surface area contributed by atoms with Gasteiger partial charge in [-0.25, -0.2) is 4.68 Å². The summed E-state index contributed by atoms with van der Waals surface area (Å²) >= 11 is 7.95. The zero-order valence-electron chi connectivity index (χ0n) is 19.0. The molecule has 0 radical (unpaired) electrons. The Bertz CT molecular complexity index is 1440. The van der Waals surface area contributed by atoms with Crippen molar-refractivity contribution in [3.8, 4) is 5.75 Å². The van der Waals surface area contributed by atoms with E-state index in [0.29, 0.717) is 5.02 Å². The fourth-order valence-corrected chi connectivity index (χ4v) is 5.27. The van der Waals surface area contributed by atoms with Crippen LogP contribution in [0.2, 0.25) is 5.02 Å². The Kier molecular flexibility index (Phi) is 5.15. The summed E-state index contributed by atoms with van der Waals surface area (Å²) in [6, 6.07) is 22.6. The molecule has 5 nitrogen and oxygen atoms in total. The van der Waals surface area contributed by atoms with E-state index in [0.717, 1.165) is 44.8 Å². The summed E-state index contributed by atoms with van der Waals surface area (Å²) in [6.45, 7) is 4.19. The first kappa shape index (κ1) is 21.3. The van der Waals surface area contributed by atoms with E-state index in [-0.39, 0.29) is 12.1 Å². The summed E-state index contributed by atoms with van der Waals surface area (Å²) in [5, 5.41) is 9.86. The predicted octanol–water partition coefficient (Wildman–Crippen LogP) is 6.83. The minimum absolute atomic E-state index is 0.183. The molecular weight excluding hydrogens is 464 g/mol. The lowest BCUT2D eigenvalue weighted by atomic mass is 9.84. The molecule has 6 rings (SSSR count). The molecule has 0 aliphatic carbocycles. The zero-order chi connectivity index (χ0) is 23.4. The van der Waals surface area contributed by atoms with Crippen LogP contribution in [0, 0.1) is 13.8 Å². The highest BCUT2D eigenvalue weighted by Crippen LogP contribution is 2.51. The Morgan fingerprint density at radius 2 is 1.76 bits per heavy atom. The van der Waals surface area contributed by atoms with Gasteiger partial charge in [0.25, 0.3) is 0 Å². The van der Waals surface area contributed by atoms with Crippen molar-refractivity contribution in [1.29, 1.82) is 0 Å². The van der Waals surface area contributed by atoms with Gasteiger partial charge >= 0.3 is 0 Å². The Morgan fingerprint density at radius 3 is 2.53 bits per heavy atom. The maximum Gasteiger partial charge on any atom is 0.227 e. The van der Waals surface area contributed by atoms with Crippen molar-refractivity contribution < 1.29 is 4.74 Å². The Balaban J connectivity index is 1.65. The summed E-state index contributed by atoms with van der Waals surface area (Å²) in [4.78, 5) is 4.77. The second-order valence-corrected chi connectivity index (χ2v) is 9.90. The van der Waals surface area contributed by atoms with Crippen LogP contribution < -0.4 is 10.1 Å². The topological polar surface area (TPSA) is 52.0 Å². The normalized spacial score (nSPS) is 18.5. The number of hydrogen-bond donors (Lipinski definition) is 1. The van der Waals surface area contributed by atoms with E-state index in [4.69, 9.17) is 26.4 Å². The lowest BCUT2D eigenvalue weighted by Crippen LogP contribution is -2.32. The van der Waals surface area contributed by atoms with Gasteiger partial charge in [-0.15, -0.1) is 5.10 Å². The lowest BCUT2D eigenvalue weighted by molar-refractivity contribution is 0.223. The second-order valence-electron chi connectivity index (χ2n) is 8.69. The zero-order valence-corrected chi connectivity index (χ0v) is 20.6. The summed E-state index contributed by atoms with van der Waals surface area (Å²) in [5.74, 6) is 1.57. The summed E-state index contributed by atoms with van der Waals surface area (Å²) in [5.41, 5.74) is 7.65. The van der Waals surface area contributed by atoms with Crippen molar-refractivity contribution in [1.82, 2.24) is 14.8 Å².